The molecule has 0 aliphatic carbocycles. The molecule has 6 aromatic carbocycles. The fraction of sp³-hybridized carbons (Fsp3) is 0.256. The zero-order valence-corrected chi connectivity index (χ0v) is 28.4. The van der Waals surface area contributed by atoms with Gasteiger partial charge in [0.05, 0.1) is 28.1 Å². The lowest BCUT2D eigenvalue weighted by Gasteiger charge is -2.24. The molecule has 0 atom stereocenters. The predicted molar refractivity (Wildman–Crippen MR) is 197 cm³/mol. The third kappa shape index (κ3) is 4.17. The number of hydrogen-bond donors (Lipinski definition) is 0. The van der Waals surface area contributed by atoms with Crippen LogP contribution in [0.15, 0.2) is 84.9 Å². The van der Waals surface area contributed by atoms with E-state index in [0.717, 1.165) is 22.8 Å². The van der Waals surface area contributed by atoms with Gasteiger partial charge in [-0.2, -0.15) is 0 Å². The minimum Gasteiger partial charge on any atom is -0.308 e. The molecular weight excluding hydrogens is 558 g/mol. The molecule has 0 amide bonds. The van der Waals surface area contributed by atoms with E-state index in [0.29, 0.717) is 0 Å². The van der Waals surface area contributed by atoms with Gasteiger partial charge in [0.1, 0.15) is 0 Å². The molecule has 46 heavy (non-hydrogen) atoms. The summed E-state index contributed by atoms with van der Waals surface area (Å²) in [4.78, 5) is 10.4. The molecule has 3 nitrogen and oxygen atoms in total. The van der Waals surface area contributed by atoms with Gasteiger partial charge in [-0.05, 0) is 83.1 Å². The van der Waals surface area contributed by atoms with Gasteiger partial charge in [0.25, 0.3) is 0 Å². The van der Waals surface area contributed by atoms with Crippen molar-refractivity contribution < 1.29 is 0 Å². The maximum Gasteiger partial charge on any atom is 0.160 e. The first kappa shape index (κ1) is 28.7. The van der Waals surface area contributed by atoms with Crippen LogP contribution in [0.5, 0.6) is 0 Å². The van der Waals surface area contributed by atoms with Crippen LogP contribution in [0.1, 0.15) is 69.6 Å². The summed E-state index contributed by atoms with van der Waals surface area (Å²) in [7, 11) is 0. The highest BCUT2D eigenvalue weighted by Crippen LogP contribution is 2.45. The van der Waals surface area contributed by atoms with E-state index in [-0.39, 0.29) is 10.8 Å². The van der Waals surface area contributed by atoms with E-state index in [1.807, 2.05) is 0 Å². The van der Waals surface area contributed by atoms with E-state index in [4.69, 9.17) is 9.97 Å². The summed E-state index contributed by atoms with van der Waals surface area (Å²) < 4.78 is 2.52. The quantitative estimate of drug-likeness (QED) is 0.185. The van der Waals surface area contributed by atoms with Crippen molar-refractivity contribution in [3.8, 4) is 17.1 Å². The van der Waals surface area contributed by atoms with E-state index in [1.54, 1.807) is 0 Å². The van der Waals surface area contributed by atoms with Crippen molar-refractivity contribution in [1.82, 2.24) is 14.5 Å². The highest BCUT2D eigenvalue weighted by Gasteiger charge is 2.25. The van der Waals surface area contributed by atoms with Crippen LogP contribution in [0.3, 0.4) is 0 Å². The number of para-hydroxylation sites is 1. The van der Waals surface area contributed by atoms with Crippen molar-refractivity contribution in [3.63, 3.8) is 0 Å². The highest BCUT2D eigenvalue weighted by atomic mass is 15.0. The molecule has 228 valence electrons. The van der Waals surface area contributed by atoms with Gasteiger partial charge >= 0.3 is 0 Å². The van der Waals surface area contributed by atoms with Gasteiger partial charge < -0.3 is 4.57 Å². The molecule has 0 aliphatic heterocycles. The second kappa shape index (κ2) is 9.62. The summed E-state index contributed by atoms with van der Waals surface area (Å²) in [6, 6.07) is 31.8. The Bertz CT molecular complexity index is 2460. The average molecular weight is 600 g/mol. The molecular formula is C43H41N3. The topological polar surface area (TPSA) is 30.7 Å². The standard InChI is InChI=1S/C43H41N3/c1-24-20-25(2)39(26(3)21-24)46-34-13-11-10-12-29(34)33-22-28-16-17-30-31(18-14-27-15-19-32(40(33)46)38(28)37(27)30)41-44-35(42(4,5)6)23-36(45-41)43(7,8)9/h10-23H,1-9H3. The molecule has 0 unspecified atom stereocenters. The third-order valence-electron chi connectivity index (χ3n) is 9.78. The largest absolute Gasteiger partial charge is 0.308 e. The minimum absolute atomic E-state index is 0.0905. The van der Waals surface area contributed by atoms with Crippen molar-refractivity contribution in [3.05, 3.63) is 113 Å². The second-order valence-corrected chi connectivity index (χ2v) is 15.4. The SMILES string of the molecule is Cc1cc(C)c(-n2c3ccccc3c3cc4ccc5c(-c6nc(C(C)(C)C)cc(C(C)(C)C)n6)ccc6ccc(c4c65)c32)c(C)c1. The smallest absolute Gasteiger partial charge is 0.160 e. The van der Waals surface area contributed by atoms with Crippen molar-refractivity contribution in [2.24, 2.45) is 0 Å². The van der Waals surface area contributed by atoms with Gasteiger partial charge in [-0.25, -0.2) is 9.97 Å². The first-order chi connectivity index (χ1) is 21.8. The molecule has 0 spiro atoms. The summed E-state index contributed by atoms with van der Waals surface area (Å²) in [6.45, 7) is 20.1. The number of rotatable bonds is 2. The van der Waals surface area contributed by atoms with Gasteiger partial charge in [0.2, 0.25) is 0 Å². The van der Waals surface area contributed by atoms with Gasteiger partial charge in [-0.1, -0.05) is 108 Å². The number of benzene rings is 6. The van der Waals surface area contributed by atoms with Crippen LogP contribution in [-0.4, -0.2) is 14.5 Å². The summed E-state index contributed by atoms with van der Waals surface area (Å²) in [5.74, 6) is 0.806. The molecule has 2 heterocycles. The lowest BCUT2D eigenvalue weighted by Crippen LogP contribution is -2.20. The van der Waals surface area contributed by atoms with Gasteiger partial charge in [-0.15, -0.1) is 0 Å². The van der Waals surface area contributed by atoms with E-state index >= 15 is 0 Å². The van der Waals surface area contributed by atoms with Crippen molar-refractivity contribution in [1.29, 1.82) is 0 Å². The van der Waals surface area contributed by atoms with Crippen LogP contribution in [0, 0.1) is 20.8 Å². The van der Waals surface area contributed by atoms with E-state index < -0.39 is 0 Å². The molecule has 0 saturated heterocycles. The van der Waals surface area contributed by atoms with E-state index in [2.05, 4.69) is 152 Å². The number of fused-ring (bicyclic) bond motifs is 4. The molecule has 0 fully saturated rings. The third-order valence-corrected chi connectivity index (χ3v) is 9.78. The van der Waals surface area contributed by atoms with Crippen LogP contribution in [0.4, 0.5) is 0 Å². The highest BCUT2D eigenvalue weighted by molar-refractivity contribution is 6.32. The van der Waals surface area contributed by atoms with Crippen LogP contribution >= 0.6 is 0 Å². The van der Waals surface area contributed by atoms with Crippen LogP contribution in [0.2, 0.25) is 0 Å². The Kier molecular flexibility index (Phi) is 6.00. The molecule has 0 aliphatic rings. The summed E-state index contributed by atoms with van der Waals surface area (Å²) in [6.07, 6.45) is 0. The summed E-state index contributed by atoms with van der Waals surface area (Å²) >= 11 is 0. The van der Waals surface area contributed by atoms with Gasteiger partial charge in [0.15, 0.2) is 5.82 Å². The van der Waals surface area contributed by atoms with Crippen LogP contribution in [0.25, 0.3) is 71.2 Å². The first-order valence-corrected chi connectivity index (χ1v) is 16.4. The minimum atomic E-state index is -0.0905. The zero-order chi connectivity index (χ0) is 32.3. The number of nitrogens with zero attached hydrogens (tertiary/aromatic N) is 3. The van der Waals surface area contributed by atoms with Crippen LogP contribution < -0.4 is 0 Å². The Labute approximate surface area is 271 Å². The van der Waals surface area contributed by atoms with Crippen molar-refractivity contribution in [2.45, 2.75) is 73.1 Å². The first-order valence-electron chi connectivity index (χ1n) is 16.4. The molecule has 0 bridgehead atoms. The molecule has 8 aromatic rings. The molecule has 0 N–H and O–H groups in total. The Balaban J connectivity index is 1.52. The maximum atomic E-state index is 5.21. The molecule has 0 saturated carbocycles. The fourth-order valence-corrected chi connectivity index (χ4v) is 7.61. The number of aryl methyl sites for hydroxylation is 3. The Hall–Kier alpha value is -4.76. The lowest BCUT2D eigenvalue weighted by atomic mass is 9.86. The van der Waals surface area contributed by atoms with Gasteiger partial charge in [-0.3, -0.25) is 0 Å². The summed E-state index contributed by atoms with van der Waals surface area (Å²) in [5.41, 5.74) is 10.7. The van der Waals surface area contributed by atoms with Crippen molar-refractivity contribution in [2.75, 3.05) is 0 Å². The normalized spacial score (nSPS) is 12.9. The molecule has 0 radical (unpaired) electrons. The Morgan fingerprint density at radius 3 is 1.80 bits per heavy atom. The second-order valence-electron chi connectivity index (χ2n) is 15.4. The van der Waals surface area contributed by atoms with E-state index in [9.17, 15) is 0 Å². The Morgan fingerprint density at radius 1 is 0.543 bits per heavy atom. The number of hydrogen-bond acceptors (Lipinski definition) is 2. The predicted octanol–water partition coefficient (Wildman–Crippen LogP) is 11.7. The number of aromatic nitrogens is 3. The maximum absolute atomic E-state index is 5.21. The molecule has 8 rings (SSSR count). The lowest BCUT2D eigenvalue weighted by molar-refractivity contribution is 0.539. The Morgan fingerprint density at radius 2 is 1.13 bits per heavy atom. The molecule has 3 heteroatoms. The zero-order valence-electron chi connectivity index (χ0n) is 28.4. The summed E-state index contributed by atoms with van der Waals surface area (Å²) in [5, 5.41) is 10.1. The van der Waals surface area contributed by atoms with Crippen molar-refractivity contribution >= 4 is 54.1 Å². The average Bonchev–Trinajstić information content (AvgIpc) is 3.32. The van der Waals surface area contributed by atoms with Crippen LogP contribution in [-0.2, 0) is 10.8 Å². The molecule has 2 aromatic heterocycles. The van der Waals surface area contributed by atoms with Gasteiger partial charge in [0, 0.05) is 32.6 Å². The monoisotopic (exact) mass is 599 g/mol. The fourth-order valence-electron chi connectivity index (χ4n) is 7.61. The van der Waals surface area contributed by atoms with E-state index in [1.165, 1.54) is 76.5 Å².